The number of tetrazole rings is 1. The summed E-state index contributed by atoms with van der Waals surface area (Å²) in [5.41, 5.74) is 0.622. The Labute approximate surface area is 203 Å². The first-order valence-electron chi connectivity index (χ1n) is 10.00. The molecule has 0 saturated heterocycles. The first-order valence-corrected chi connectivity index (χ1v) is 10.8. The Balaban J connectivity index is 1.62. The Morgan fingerprint density at radius 3 is 2.41 bits per heavy atom. The summed E-state index contributed by atoms with van der Waals surface area (Å²) in [5, 5.41) is 28.5. The van der Waals surface area contributed by atoms with E-state index in [0.717, 1.165) is 0 Å². The van der Waals surface area contributed by atoms with E-state index < -0.39 is 23.8 Å². The van der Waals surface area contributed by atoms with Crippen molar-refractivity contribution in [2.24, 2.45) is 0 Å². The highest BCUT2D eigenvalue weighted by Crippen LogP contribution is 2.28. The number of hydrogen-bond acceptors (Lipinski definition) is 7. The molecule has 0 radical (unpaired) electrons. The summed E-state index contributed by atoms with van der Waals surface area (Å²) in [7, 11) is 1.43. The smallest absolute Gasteiger partial charge is 0.326 e. The molecule has 34 heavy (non-hydrogen) atoms. The molecular weight excluding hydrogens is 487 g/mol. The number of aromatic nitrogens is 4. The van der Waals surface area contributed by atoms with Gasteiger partial charge in [0, 0.05) is 12.1 Å². The van der Waals surface area contributed by atoms with Crippen LogP contribution in [0, 0.1) is 0 Å². The quantitative estimate of drug-likeness (QED) is 0.305. The Hall–Kier alpha value is -3.70. The maximum Gasteiger partial charge on any atom is 0.326 e. The minimum atomic E-state index is -1.23. The van der Waals surface area contributed by atoms with Gasteiger partial charge in [-0.05, 0) is 42.3 Å². The van der Waals surface area contributed by atoms with Crippen LogP contribution in [0.5, 0.6) is 5.75 Å². The molecule has 0 aliphatic heterocycles. The van der Waals surface area contributed by atoms with Crippen LogP contribution >= 0.6 is 23.2 Å². The Morgan fingerprint density at radius 1 is 1.09 bits per heavy atom. The number of aliphatic carboxylic acids is 1. The monoisotopic (exact) mass is 506 g/mol. The molecule has 0 spiro atoms. The van der Waals surface area contributed by atoms with E-state index in [1.807, 2.05) is 0 Å². The van der Waals surface area contributed by atoms with Crippen LogP contribution in [-0.2, 0) is 4.79 Å². The Kier molecular flexibility index (Phi) is 8.39. The largest absolute Gasteiger partial charge is 0.496 e. The normalized spacial score (nSPS) is 11.5. The summed E-state index contributed by atoms with van der Waals surface area (Å²) in [6.45, 7) is 0.134. The third-order valence-corrected chi connectivity index (χ3v) is 5.44. The second-order valence-electron chi connectivity index (χ2n) is 6.98. The van der Waals surface area contributed by atoms with Crippen LogP contribution in [0.1, 0.15) is 33.6 Å². The van der Waals surface area contributed by atoms with Crippen molar-refractivity contribution < 1.29 is 24.2 Å². The molecule has 0 bridgehead atoms. The van der Waals surface area contributed by atoms with Crippen molar-refractivity contribution in [2.75, 3.05) is 13.7 Å². The van der Waals surface area contributed by atoms with Crippen LogP contribution in [0.4, 0.5) is 0 Å². The van der Waals surface area contributed by atoms with E-state index in [1.165, 1.54) is 19.2 Å². The molecule has 178 valence electrons. The molecule has 0 saturated carbocycles. The van der Waals surface area contributed by atoms with Gasteiger partial charge in [-0.2, -0.15) is 5.21 Å². The summed E-state index contributed by atoms with van der Waals surface area (Å²) in [6, 6.07) is 8.28. The molecular formula is C21H20Cl2N6O5. The summed E-state index contributed by atoms with van der Waals surface area (Å²) < 4.78 is 5.29. The number of carbonyl (C=O) groups excluding carboxylic acids is 2. The highest BCUT2D eigenvalue weighted by molar-refractivity contribution is 6.39. The fourth-order valence-corrected chi connectivity index (χ4v) is 3.77. The minimum absolute atomic E-state index is 0.00412. The Morgan fingerprint density at radius 2 is 1.79 bits per heavy atom. The van der Waals surface area contributed by atoms with Crippen molar-refractivity contribution in [3.05, 3.63) is 57.6 Å². The lowest BCUT2D eigenvalue weighted by Crippen LogP contribution is -2.41. The van der Waals surface area contributed by atoms with Gasteiger partial charge in [0.15, 0.2) is 0 Å². The van der Waals surface area contributed by atoms with E-state index >= 15 is 0 Å². The summed E-state index contributed by atoms with van der Waals surface area (Å²) in [5.74, 6) is -1.86. The fraction of sp³-hybridized carbons (Fsp3) is 0.238. The first-order chi connectivity index (χ1) is 16.3. The van der Waals surface area contributed by atoms with Crippen molar-refractivity contribution in [1.29, 1.82) is 0 Å². The lowest BCUT2D eigenvalue weighted by molar-refractivity contribution is -0.139. The van der Waals surface area contributed by atoms with Gasteiger partial charge in [-0.15, -0.1) is 10.2 Å². The van der Waals surface area contributed by atoms with Crippen LogP contribution in [0.25, 0.3) is 11.4 Å². The molecule has 4 N–H and O–H groups in total. The SMILES string of the molecule is COc1cccc(-c2nn[nH]n2)c1C(=O)NCCCC(NC(=O)c1c(Cl)cccc1Cl)C(=O)O. The third kappa shape index (κ3) is 5.80. The zero-order valence-electron chi connectivity index (χ0n) is 17.8. The molecule has 11 nitrogen and oxygen atoms in total. The molecule has 1 atom stereocenters. The summed E-state index contributed by atoms with van der Waals surface area (Å²) in [6.07, 6.45) is 0.305. The molecule has 0 aliphatic carbocycles. The topological polar surface area (TPSA) is 159 Å². The number of carbonyl (C=O) groups is 3. The van der Waals surface area contributed by atoms with Gasteiger partial charge in [0.2, 0.25) is 5.82 Å². The highest BCUT2D eigenvalue weighted by atomic mass is 35.5. The molecule has 1 heterocycles. The number of H-pyrrole nitrogens is 1. The van der Waals surface area contributed by atoms with Crippen LogP contribution in [0.2, 0.25) is 10.0 Å². The number of halogens is 2. The third-order valence-electron chi connectivity index (χ3n) is 4.81. The summed E-state index contributed by atoms with van der Waals surface area (Å²) in [4.78, 5) is 37.0. The molecule has 13 heteroatoms. The van der Waals surface area contributed by atoms with Gasteiger partial charge in [0.1, 0.15) is 11.8 Å². The number of ether oxygens (including phenoxy) is 1. The van der Waals surface area contributed by atoms with Gasteiger partial charge >= 0.3 is 5.97 Å². The first kappa shape index (κ1) is 24.9. The molecule has 1 unspecified atom stereocenters. The maximum atomic E-state index is 12.9. The van der Waals surface area contributed by atoms with Crippen LogP contribution in [0.3, 0.4) is 0 Å². The van der Waals surface area contributed by atoms with Crippen molar-refractivity contribution in [2.45, 2.75) is 18.9 Å². The molecule has 0 fully saturated rings. The Bertz CT molecular complexity index is 1170. The lowest BCUT2D eigenvalue weighted by Gasteiger charge is -2.16. The van der Waals surface area contributed by atoms with Gasteiger partial charge in [-0.25, -0.2) is 4.79 Å². The van der Waals surface area contributed by atoms with E-state index in [9.17, 15) is 19.5 Å². The van der Waals surface area contributed by atoms with E-state index in [-0.39, 0.29) is 46.4 Å². The number of amides is 2. The number of aromatic amines is 1. The zero-order chi connectivity index (χ0) is 24.7. The number of methoxy groups -OCH3 is 1. The number of nitrogens with zero attached hydrogens (tertiary/aromatic N) is 3. The van der Waals surface area contributed by atoms with Crippen molar-refractivity contribution in [1.82, 2.24) is 31.3 Å². The average molecular weight is 507 g/mol. The number of carboxylic acid groups (broad SMARTS) is 1. The van der Waals surface area contributed by atoms with E-state index in [0.29, 0.717) is 11.3 Å². The van der Waals surface area contributed by atoms with Crippen molar-refractivity contribution >= 4 is 41.0 Å². The number of nitrogens with one attached hydrogen (secondary N) is 3. The fourth-order valence-electron chi connectivity index (χ4n) is 3.20. The lowest BCUT2D eigenvalue weighted by atomic mass is 10.0. The van der Waals surface area contributed by atoms with E-state index in [1.54, 1.807) is 24.3 Å². The zero-order valence-corrected chi connectivity index (χ0v) is 19.4. The predicted octanol–water partition coefficient (Wildman–Crippen LogP) is 2.58. The van der Waals surface area contributed by atoms with Gasteiger partial charge in [-0.3, -0.25) is 9.59 Å². The van der Waals surface area contributed by atoms with E-state index in [2.05, 4.69) is 31.3 Å². The number of hydrogen-bond donors (Lipinski definition) is 4. The maximum absolute atomic E-state index is 12.9. The second kappa shape index (κ2) is 11.4. The van der Waals surface area contributed by atoms with Crippen molar-refractivity contribution in [3.8, 4) is 17.1 Å². The van der Waals surface area contributed by atoms with Crippen LogP contribution in [0.15, 0.2) is 36.4 Å². The second-order valence-corrected chi connectivity index (χ2v) is 7.79. The molecule has 1 aromatic heterocycles. The molecule has 2 aromatic carbocycles. The van der Waals surface area contributed by atoms with Gasteiger partial charge in [-0.1, -0.05) is 35.3 Å². The minimum Gasteiger partial charge on any atom is -0.496 e. The van der Waals surface area contributed by atoms with Crippen molar-refractivity contribution in [3.63, 3.8) is 0 Å². The molecule has 0 aliphatic rings. The van der Waals surface area contributed by atoms with Gasteiger partial charge in [0.25, 0.3) is 11.8 Å². The van der Waals surface area contributed by atoms with Gasteiger partial charge < -0.3 is 20.5 Å². The summed E-state index contributed by atoms with van der Waals surface area (Å²) >= 11 is 12.0. The molecule has 2 amide bonds. The predicted molar refractivity (Wildman–Crippen MR) is 123 cm³/mol. The average Bonchev–Trinajstić information content (AvgIpc) is 3.35. The van der Waals surface area contributed by atoms with Crippen LogP contribution < -0.4 is 15.4 Å². The number of carboxylic acids is 1. The van der Waals surface area contributed by atoms with Crippen LogP contribution in [-0.4, -0.2) is 63.2 Å². The standard InChI is InChI=1S/C21H20Cl2N6O5/c1-34-15-9-2-5-11(18-26-28-29-27-18)16(15)19(30)24-10-4-8-14(21(32)33)25-20(31)17-12(22)6-3-7-13(17)23/h2-3,5-7,9,14H,4,8,10H2,1H3,(H,24,30)(H,25,31)(H,32,33)(H,26,27,28,29). The molecule has 3 aromatic rings. The molecule has 3 rings (SSSR count). The van der Waals surface area contributed by atoms with E-state index in [4.69, 9.17) is 27.9 Å². The van der Waals surface area contributed by atoms with Gasteiger partial charge in [0.05, 0.1) is 28.3 Å². The number of benzene rings is 2. The highest BCUT2D eigenvalue weighted by Gasteiger charge is 2.24. The number of rotatable bonds is 10.